The number of hydrogen-bond donors (Lipinski definition) is 1. The minimum Gasteiger partial charge on any atom is -0.423 e. The van der Waals surface area contributed by atoms with E-state index in [0.717, 1.165) is 0 Å². The normalized spacial score (nSPS) is 11.1. The number of nitrogens with one attached hydrogen (secondary N) is 1. The summed E-state index contributed by atoms with van der Waals surface area (Å²) >= 11 is 11.8. The number of benzene rings is 2. The Bertz CT molecular complexity index is 1230. The van der Waals surface area contributed by atoms with Gasteiger partial charge in [-0.15, -0.1) is 0 Å². The van der Waals surface area contributed by atoms with Gasteiger partial charge in [0.15, 0.2) is 0 Å². The summed E-state index contributed by atoms with van der Waals surface area (Å²) in [5, 5.41) is 3.93. The van der Waals surface area contributed by atoms with Gasteiger partial charge in [0.25, 0.3) is 5.91 Å². The van der Waals surface area contributed by atoms with E-state index in [0.29, 0.717) is 40.6 Å². The summed E-state index contributed by atoms with van der Waals surface area (Å²) in [7, 11) is 1.57. The molecule has 0 atom stereocenters. The fourth-order valence-corrected chi connectivity index (χ4v) is 3.06. The lowest BCUT2D eigenvalue weighted by molar-refractivity contribution is -0.128. The topological polar surface area (TPSA) is 94.8 Å². The number of methoxy groups -OCH3 is 1. The Labute approximate surface area is 193 Å². The molecule has 0 saturated carbocycles. The zero-order chi connectivity index (χ0) is 23.1. The standard InChI is InChI=1S/C23H19Cl2NO6/c1-30-10-2-9-26-22(28)17-12-15-5-6-16(13-20(15)32-23(17)29)31-21(27)8-4-14-3-7-18(24)19(25)11-14/h3-8,11-13H,2,9-10H2,1H3,(H,26,28)/b8-4+. The van der Waals surface area contributed by atoms with Gasteiger partial charge in [-0.2, -0.15) is 0 Å². The van der Waals surface area contributed by atoms with E-state index in [1.54, 1.807) is 31.4 Å². The molecule has 1 N–H and O–H groups in total. The van der Waals surface area contributed by atoms with Gasteiger partial charge in [-0.05, 0) is 48.4 Å². The Hall–Kier alpha value is -3.13. The van der Waals surface area contributed by atoms with Crippen molar-refractivity contribution in [2.75, 3.05) is 20.3 Å². The van der Waals surface area contributed by atoms with E-state index in [1.807, 2.05) is 0 Å². The van der Waals surface area contributed by atoms with E-state index in [4.69, 9.17) is 37.1 Å². The van der Waals surface area contributed by atoms with Crippen LogP contribution >= 0.6 is 23.2 Å². The first-order valence-electron chi connectivity index (χ1n) is 9.57. The van der Waals surface area contributed by atoms with E-state index in [-0.39, 0.29) is 16.9 Å². The number of amides is 1. The summed E-state index contributed by atoms with van der Waals surface area (Å²) in [5.74, 6) is -0.981. The van der Waals surface area contributed by atoms with Gasteiger partial charge < -0.3 is 19.2 Å². The predicted octanol–water partition coefficient (Wildman–Crippen LogP) is 4.48. The minimum absolute atomic E-state index is 0.107. The van der Waals surface area contributed by atoms with Gasteiger partial charge >= 0.3 is 11.6 Å². The maximum Gasteiger partial charge on any atom is 0.349 e. The molecule has 1 aromatic heterocycles. The zero-order valence-corrected chi connectivity index (χ0v) is 18.5. The minimum atomic E-state index is -0.787. The first kappa shape index (κ1) is 23.5. The lowest BCUT2D eigenvalue weighted by atomic mass is 10.1. The van der Waals surface area contributed by atoms with Crippen molar-refractivity contribution in [1.82, 2.24) is 5.32 Å². The van der Waals surface area contributed by atoms with Crippen LogP contribution in [0.25, 0.3) is 17.0 Å². The van der Waals surface area contributed by atoms with Crippen LogP contribution in [0.4, 0.5) is 0 Å². The molecule has 3 rings (SSSR count). The van der Waals surface area contributed by atoms with E-state index >= 15 is 0 Å². The molecule has 0 saturated heterocycles. The summed E-state index contributed by atoms with van der Waals surface area (Å²) in [6.07, 6.45) is 3.38. The van der Waals surface area contributed by atoms with Gasteiger partial charge in [-0.25, -0.2) is 9.59 Å². The smallest absolute Gasteiger partial charge is 0.349 e. The molecule has 7 nitrogen and oxygen atoms in total. The van der Waals surface area contributed by atoms with Crippen LogP contribution in [0.1, 0.15) is 22.3 Å². The molecule has 1 amide bonds. The number of fused-ring (bicyclic) bond motifs is 1. The fourth-order valence-electron chi connectivity index (χ4n) is 2.76. The molecule has 1 heterocycles. The van der Waals surface area contributed by atoms with Gasteiger partial charge in [0.2, 0.25) is 0 Å². The van der Waals surface area contributed by atoms with Gasteiger partial charge in [0.1, 0.15) is 16.9 Å². The van der Waals surface area contributed by atoms with Crippen molar-refractivity contribution < 1.29 is 23.5 Å². The highest BCUT2D eigenvalue weighted by Crippen LogP contribution is 2.24. The number of hydrogen-bond acceptors (Lipinski definition) is 6. The number of carbonyl (C=O) groups is 2. The molecular formula is C23H19Cl2NO6. The fraction of sp³-hybridized carbons (Fsp3) is 0.174. The van der Waals surface area contributed by atoms with E-state index in [9.17, 15) is 14.4 Å². The molecule has 0 unspecified atom stereocenters. The van der Waals surface area contributed by atoms with Gasteiger partial charge in [-0.3, -0.25) is 4.79 Å². The van der Waals surface area contributed by atoms with Crippen LogP contribution in [0.5, 0.6) is 5.75 Å². The second-order valence-electron chi connectivity index (χ2n) is 6.68. The first-order chi connectivity index (χ1) is 15.4. The van der Waals surface area contributed by atoms with Crippen molar-refractivity contribution >= 4 is 52.1 Å². The molecule has 0 aliphatic rings. The molecule has 166 valence electrons. The Morgan fingerprint density at radius 1 is 1.09 bits per heavy atom. The van der Waals surface area contributed by atoms with Crippen LogP contribution in [-0.2, 0) is 9.53 Å². The molecular weight excluding hydrogens is 457 g/mol. The first-order valence-corrected chi connectivity index (χ1v) is 10.3. The molecule has 0 bridgehead atoms. The number of rotatable bonds is 8. The molecule has 32 heavy (non-hydrogen) atoms. The Kier molecular flexibility index (Phi) is 8.05. The summed E-state index contributed by atoms with van der Waals surface area (Å²) < 4.78 is 15.4. The van der Waals surface area contributed by atoms with Gasteiger partial charge in [-0.1, -0.05) is 29.3 Å². The third-order valence-corrected chi connectivity index (χ3v) is 5.08. The largest absolute Gasteiger partial charge is 0.423 e. The molecule has 0 spiro atoms. The monoisotopic (exact) mass is 475 g/mol. The summed E-state index contributed by atoms with van der Waals surface area (Å²) in [5.41, 5.74) is -0.0347. The molecule has 0 fully saturated rings. The van der Waals surface area contributed by atoms with Gasteiger partial charge in [0, 0.05) is 37.8 Å². The average molecular weight is 476 g/mol. The molecule has 0 radical (unpaired) electrons. The van der Waals surface area contributed by atoms with Crippen LogP contribution in [0.15, 0.2) is 57.8 Å². The molecule has 0 aliphatic heterocycles. The van der Waals surface area contributed by atoms with Crippen LogP contribution in [0.3, 0.4) is 0 Å². The van der Waals surface area contributed by atoms with E-state index in [1.165, 1.54) is 30.4 Å². The van der Waals surface area contributed by atoms with Crippen LogP contribution < -0.4 is 15.7 Å². The lowest BCUT2D eigenvalue weighted by Gasteiger charge is -2.06. The van der Waals surface area contributed by atoms with Crippen LogP contribution in [-0.4, -0.2) is 32.1 Å². The van der Waals surface area contributed by atoms with Crippen molar-refractivity contribution in [3.8, 4) is 5.75 Å². The van der Waals surface area contributed by atoms with Crippen molar-refractivity contribution in [2.45, 2.75) is 6.42 Å². The lowest BCUT2D eigenvalue weighted by Crippen LogP contribution is -2.29. The maximum atomic E-state index is 12.2. The second-order valence-corrected chi connectivity index (χ2v) is 7.49. The number of halogens is 2. The SMILES string of the molecule is COCCCNC(=O)c1cc2ccc(OC(=O)/C=C/c3ccc(Cl)c(Cl)c3)cc2oc1=O. The quantitative estimate of drug-likeness (QED) is 0.169. The Balaban J connectivity index is 1.70. The highest BCUT2D eigenvalue weighted by molar-refractivity contribution is 6.42. The summed E-state index contributed by atoms with van der Waals surface area (Å²) in [6.45, 7) is 0.867. The summed E-state index contributed by atoms with van der Waals surface area (Å²) in [4.78, 5) is 36.5. The highest BCUT2D eigenvalue weighted by atomic mass is 35.5. The third-order valence-electron chi connectivity index (χ3n) is 4.34. The maximum absolute atomic E-state index is 12.2. The summed E-state index contributed by atoms with van der Waals surface area (Å²) in [6, 6.07) is 10.9. The molecule has 0 aliphatic carbocycles. The van der Waals surface area contributed by atoms with Crippen LogP contribution in [0.2, 0.25) is 10.0 Å². The van der Waals surface area contributed by atoms with Crippen molar-refractivity contribution in [3.63, 3.8) is 0 Å². The van der Waals surface area contributed by atoms with Crippen molar-refractivity contribution in [1.29, 1.82) is 0 Å². The molecule has 9 heteroatoms. The Morgan fingerprint density at radius 3 is 2.66 bits per heavy atom. The zero-order valence-electron chi connectivity index (χ0n) is 17.0. The van der Waals surface area contributed by atoms with Crippen molar-refractivity contribution in [2.24, 2.45) is 0 Å². The van der Waals surface area contributed by atoms with Gasteiger partial charge in [0.05, 0.1) is 10.0 Å². The van der Waals surface area contributed by atoms with E-state index in [2.05, 4.69) is 5.32 Å². The third kappa shape index (κ3) is 6.20. The highest BCUT2D eigenvalue weighted by Gasteiger charge is 2.14. The van der Waals surface area contributed by atoms with E-state index < -0.39 is 17.5 Å². The second kappa shape index (κ2) is 10.9. The molecule has 2 aromatic carbocycles. The molecule has 3 aromatic rings. The predicted molar refractivity (Wildman–Crippen MR) is 122 cm³/mol. The average Bonchev–Trinajstić information content (AvgIpc) is 2.77. The van der Waals surface area contributed by atoms with Crippen molar-refractivity contribution in [3.05, 3.63) is 80.1 Å². The number of esters is 1. The number of ether oxygens (including phenoxy) is 2. The number of carbonyl (C=O) groups excluding carboxylic acids is 2. The van der Waals surface area contributed by atoms with Crippen LogP contribution in [0, 0.1) is 0 Å². The Morgan fingerprint density at radius 2 is 1.91 bits per heavy atom.